The first-order valence-electron chi connectivity index (χ1n) is 5.23. The second kappa shape index (κ2) is 5.66. The van der Waals surface area contributed by atoms with Gasteiger partial charge in [0.2, 0.25) is 10.0 Å². The van der Waals surface area contributed by atoms with Gasteiger partial charge in [-0.25, -0.2) is 16.8 Å². The van der Waals surface area contributed by atoms with Crippen LogP contribution in [0, 0.1) is 0 Å². The highest BCUT2D eigenvalue weighted by Gasteiger charge is 2.24. The van der Waals surface area contributed by atoms with Crippen LogP contribution in [0.5, 0.6) is 0 Å². The molecule has 0 amide bonds. The molecule has 0 heterocycles. The van der Waals surface area contributed by atoms with E-state index in [0.29, 0.717) is 0 Å². The number of sulfone groups is 1. The lowest BCUT2D eigenvalue weighted by Gasteiger charge is -2.17. The average Bonchev–Trinajstić information content (AvgIpc) is 2.28. The van der Waals surface area contributed by atoms with Crippen molar-refractivity contribution in [1.82, 2.24) is 4.31 Å². The minimum atomic E-state index is -3.86. The Labute approximate surface area is 118 Å². The minimum Gasteiger partial charge on any atom is -0.399 e. The smallest absolute Gasteiger partial charge is 0.244 e. The third-order valence-electron chi connectivity index (χ3n) is 2.42. The second-order valence-corrected chi connectivity index (χ2v) is 8.83. The van der Waals surface area contributed by atoms with Crippen molar-refractivity contribution in [3.63, 3.8) is 0 Å². The van der Waals surface area contributed by atoms with E-state index in [1.807, 2.05) is 0 Å². The molecule has 0 unspecified atom stereocenters. The van der Waals surface area contributed by atoms with Crippen LogP contribution >= 0.6 is 11.6 Å². The molecule has 0 fully saturated rings. The fraction of sp³-hybridized carbons (Fsp3) is 0.400. The van der Waals surface area contributed by atoms with E-state index in [1.54, 1.807) is 0 Å². The second-order valence-electron chi connectivity index (χ2n) is 4.15. The number of sulfonamides is 1. The molecule has 0 spiro atoms. The number of nitrogen functional groups attached to an aromatic ring is 1. The van der Waals surface area contributed by atoms with Crippen molar-refractivity contribution in [2.45, 2.75) is 4.90 Å². The Morgan fingerprint density at radius 1 is 1.26 bits per heavy atom. The average molecular weight is 327 g/mol. The lowest BCUT2D eigenvalue weighted by molar-refractivity contribution is 0.485. The number of nitrogens with zero attached hydrogens (tertiary/aromatic N) is 1. The molecule has 108 valence electrons. The van der Waals surface area contributed by atoms with E-state index >= 15 is 0 Å². The minimum absolute atomic E-state index is 0.0420. The van der Waals surface area contributed by atoms with Gasteiger partial charge in [-0.2, -0.15) is 4.31 Å². The zero-order chi connectivity index (χ0) is 14.8. The largest absolute Gasteiger partial charge is 0.399 e. The van der Waals surface area contributed by atoms with Crippen LogP contribution in [-0.4, -0.2) is 46.7 Å². The Balaban J connectivity index is 3.07. The molecule has 0 radical (unpaired) electrons. The van der Waals surface area contributed by atoms with Gasteiger partial charge in [-0.1, -0.05) is 11.6 Å². The number of anilines is 1. The number of hydrogen-bond donors (Lipinski definition) is 1. The van der Waals surface area contributed by atoms with Crippen molar-refractivity contribution in [3.8, 4) is 0 Å². The highest BCUT2D eigenvalue weighted by molar-refractivity contribution is 7.91. The normalized spacial score (nSPS) is 12.8. The van der Waals surface area contributed by atoms with Crippen LogP contribution in [0.15, 0.2) is 23.1 Å². The highest BCUT2D eigenvalue weighted by Crippen LogP contribution is 2.26. The van der Waals surface area contributed by atoms with Gasteiger partial charge >= 0.3 is 0 Å². The lowest BCUT2D eigenvalue weighted by atomic mass is 10.3. The van der Waals surface area contributed by atoms with Crippen molar-refractivity contribution in [2.24, 2.45) is 0 Å². The Bertz CT molecular complexity index is 671. The number of benzene rings is 1. The standard InChI is InChI=1S/C10H15ClN2O4S2/c1-13(5-6-18(2,14)15)19(16,17)10-7-8(12)3-4-9(10)11/h3-4,7H,5-6,12H2,1-2H3. The third-order valence-corrected chi connectivity index (χ3v) is 5.68. The molecule has 0 aliphatic heterocycles. The van der Waals surface area contributed by atoms with Gasteiger partial charge in [-0.05, 0) is 18.2 Å². The van der Waals surface area contributed by atoms with Gasteiger partial charge in [0.15, 0.2) is 0 Å². The summed E-state index contributed by atoms with van der Waals surface area (Å²) < 4.78 is 47.5. The first kappa shape index (κ1) is 16.2. The van der Waals surface area contributed by atoms with E-state index in [4.69, 9.17) is 17.3 Å². The summed E-state index contributed by atoms with van der Waals surface area (Å²) >= 11 is 5.84. The summed E-state index contributed by atoms with van der Waals surface area (Å²) in [5.74, 6) is -0.261. The molecule has 2 N–H and O–H groups in total. The van der Waals surface area contributed by atoms with Crippen LogP contribution in [0.3, 0.4) is 0 Å². The zero-order valence-corrected chi connectivity index (χ0v) is 12.9. The van der Waals surface area contributed by atoms with Crippen LogP contribution < -0.4 is 5.73 Å². The van der Waals surface area contributed by atoms with E-state index in [-0.39, 0.29) is 27.9 Å². The van der Waals surface area contributed by atoms with Crippen molar-refractivity contribution in [2.75, 3.05) is 31.3 Å². The van der Waals surface area contributed by atoms with E-state index in [0.717, 1.165) is 10.6 Å². The van der Waals surface area contributed by atoms with Gasteiger partial charge in [0.25, 0.3) is 0 Å². The summed E-state index contributed by atoms with van der Waals surface area (Å²) in [7, 11) is -5.81. The number of rotatable bonds is 5. The lowest BCUT2D eigenvalue weighted by Crippen LogP contribution is -2.31. The van der Waals surface area contributed by atoms with Crippen molar-refractivity contribution in [3.05, 3.63) is 23.2 Å². The summed E-state index contributed by atoms with van der Waals surface area (Å²) in [5, 5.41) is 0.0420. The predicted octanol–water partition coefficient (Wildman–Crippen LogP) is 0.587. The number of nitrogens with two attached hydrogens (primary N) is 1. The number of halogens is 1. The quantitative estimate of drug-likeness (QED) is 0.798. The zero-order valence-electron chi connectivity index (χ0n) is 10.5. The number of hydrogen-bond acceptors (Lipinski definition) is 5. The maximum absolute atomic E-state index is 12.2. The predicted molar refractivity (Wildman–Crippen MR) is 75.4 cm³/mol. The Kier molecular flexibility index (Phi) is 4.83. The molecule has 0 atom stereocenters. The monoisotopic (exact) mass is 326 g/mol. The van der Waals surface area contributed by atoms with E-state index in [2.05, 4.69) is 0 Å². The summed E-state index contributed by atoms with van der Waals surface area (Å²) in [6, 6.07) is 4.11. The molecule has 0 bridgehead atoms. The Morgan fingerprint density at radius 2 is 1.84 bits per heavy atom. The van der Waals surface area contributed by atoms with Gasteiger partial charge in [-0.3, -0.25) is 0 Å². The van der Waals surface area contributed by atoms with Gasteiger partial charge in [0, 0.05) is 25.5 Å². The van der Waals surface area contributed by atoms with Crippen molar-refractivity contribution >= 4 is 37.1 Å². The fourth-order valence-electron chi connectivity index (χ4n) is 1.30. The molecule has 1 aromatic rings. The van der Waals surface area contributed by atoms with Gasteiger partial charge < -0.3 is 5.73 Å². The first-order valence-corrected chi connectivity index (χ1v) is 9.11. The van der Waals surface area contributed by atoms with E-state index in [1.165, 1.54) is 25.2 Å². The molecular weight excluding hydrogens is 312 g/mol. The molecule has 0 saturated carbocycles. The van der Waals surface area contributed by atoms with Gasteiger partial charge in [0.05, 0.1) is 10.8 Å². The van der Waals surface area contributed by atoms with E-state index < -0.39 is 19.9 Å². The van der Waals surface area contributed by atoms with E-state index in [9.17, 15) is 16.8 Å². The summed E-state index contributed by atoms with van der Waals surface area (Å²) in [5.41, 5.74) is 5.79. The van der Waals surface area contributed by atoms with Crippen molar-refractivity contribution in [1.29, 1.82) is 0 Å². The first-order chi connectivity index (χ1) is 8.54. The maximum atomic E-state index is 12.2. The van der Waals surface area contributed by atoms with Gasteiger partial charge in [-0.15, -0.1) is 0 Å². The maximum Gasteiger partial charge on any atom is 0.244 e. The van der Waals surface area contributed by atoms with Crippen LogP contribution in [-0.2, 0) is 19.9 Å². The summed E-state index contributed by atoms with van der Waals surface area (Å²) in [6.45, 7) is -0.147. The molecule has 0 saturated heterocycles. The molecule has 1 aromatic carbocycles. The molecule has 0 aliphatic carbocycles. The van der Waals surface area contributed by atoms with Crippen LogP contribution in [0.2, 0.25) is 5.02 Å². The molecular formula is C10H15ClN2O4S2. The van der Waals surface area contributed by atoms with Crippen LogP contribution in [0.1, 0.15) is 0 Å². The Morgan fingerprint density at radius 3 is 2.37 bits per heavy atom. The molecule has 6 nitrogen and oxygen atoms in total. The third kappa shape index (κ3) is 4.34. The molecule has 19 heavy (non-hydrogen) atoms. The fourth-order valence-corrected chi connectivity index (χ4v) is 3.70. The highest BCUT2D eigenvalue weighted by atomic mass is 35.5. The molecule has 1 rings (SSSR count). The Hall–Kier alpha value is -0.830. The molecule has 0 aromatic heterocycles. The van der Waals surface area contributed by atoms with Crippen LogP contribution in [0.25, 0.3) is 0 Å². The topological polar surface area (TPSA) is 97.5 Å². The SMILES string of the molecule is CN(CCS(C)(=O)=O)S(=O)(=O)c1cc(N)ccc1Cl. The van der Waals surface area contributed by atoms with Gasteiger partial charge in [0.1, 0.15) is 14.7 Å². The molecule has 9 heteroatoms. The summed E-state index contributed by atoms with van der Waals surface area (Å²) in [4.78, 5) is -0.134. The van der Waals surface area contributed by atoms with Crippen LogP contribution in [0.4, 0.5) is 5.69 Å². The van der Waals surface area contributed by atoms with Crippen molar-refractivity contribution < 1.29 is 16.8 Å². The molecule has 0 aliphatic rings. The summed E-state index contributed by atoms with van der Waals surface area (Å²) in [6.07, 6.45) is 1.04.